The number of aliphatic hydroxyl groups is 1. The molecule has 10 heteroatoms. The van der Waals surface area contributed by atoms with Gasteiger partial charge < -0.3 is 19.5 Å². The molecule has 0 saturated carbocycles. The molecule has 30 heavy (non-hydrogen) atoms. The number of nitrogens with one attached hydrogen (secondary N) is 1. The monoisotopic (exact) mass is 416 g/mol. The Balaban J connectivity index is 1.37. The van der Waals surface area contributed by atoms with E-state index in [9.17, 15) is 19.5 Å². The maximum absolute atomic E-state index is 13.0. The van der Waals surface area contributed by atoms with Crippen molar-refractivity contribution in [2.24, 2.45) is 23.5 Å². The summed E-state index contributed by atoms with van der Waals surface area (Å²) in [6, 6.07) is 0. The first-order chi connectivity index (χ1) is 14.3. The van der Waals surface area contributed by atoms with Crippen LogP contribution in [0.4, 0.5) is 0 Å². The number of hydrogen-bond acceptors (Lipinski definition) is 6. The summed E-state index contributed by atoms with van der Waals surface area (Å²) in [6.07, 6.45) is 3.49. The van der Waals surface area contributed by atoms with E-state index in [1.54, 1.807) is 27.7 Å². The standard InChI is InChI=1S/C20H28N6O4/c1-13-18(24(2)12-21-13)19(30)26-8-14-7-25(9-20(14,10-26)11-27)17(29)6-4-15-3-5-16(28)23-22-15/h12,14,27H,3-11H2,1-2H3,(H,23,28)/t14-,20+/m0/s1. The van der Waals surface area contributed by atoms with Gasteiger partial charge in [-0.15, -0.1) is 0 Å². The summed E-state index contributed by atoms with van der Waals surface area (Å²) in [7, 11) is 1.80. The zero-order chi connectivity index (χ0) is 21.5. The Morgan fingerprint density at radius 2 is 2.00 bits per heavy atom. The van der Waals surface area contributed by atoms with Crippen LogP contribution in [0.25, 0.3) is 0 Å². The van der Waals surface area contributed by atoms with Crippen molar-refractivity contribution in [3.63, 3.8) is 0 Å². The summed E-state index contributed by atoms with van der Waals surface area (Å²) in [5.41, 5.74) is 4.07. The summed E-state index contributed by atoms with van der Waals surface area (Å²) in [5.74, 6) is -0.0971. The van der Waals surface area contributed by atoms with Crippen LogP contribution in [0.2, 0.25) is 0 Å². The Morgan fingerprint density at radius 3 is 2.60 bits per heavy atom. The van der Waals surface area contributed by atoms with Crippen molar-refractivity contribution in [2.75, 3.05) is 32.8 Å². The maximum Gasteiger partial charge on any atom is 0.272 e. The van der Waals surface area contributed by atoms with Crippen molar-refractivity contribution in [1.29, 1.82) is 0 Å². The van der Waals surface area contributed by atoms with Crippen LogP contribution < -0.4 is 5.43 Å². The number of hydrogen-bond donors (Lipinski definition) is 2. The fourth-order valence-corrected chi connectivity index (χ4v) is 4.85. The number of nitrogens with zero attached hydrogens (tertiary/aromatic N) is 5. The van der Waals surface area contributed by atoms with E-state index in [2.05, 4.69) is 15.5 Å². The van der Waals surface area contributed by atoms with Crippen LogP contribution in [0.15, 0.2) is 11.4 Å². The smallest absolute Gasteiger partial charge is 0.272 e. The maximum atomic E-state index is 13.0. The summed E-state index contributed by atoms with van der Waals surface area (Å²) < 4.78 is 1.73. The van der Waals surface area contributed by atoms with E-state index in [0.29, 0.717) is 63.3 Å². The van der Waals surface area contributed by atoms with Gasteiger partial charge in [0.2, 0.25) is 11.8 Å². The lowest BCUT2D eigenvalue weighted by Crippen LogP contribution is -2.41. The lowest BCUT2D eigenvalue weighted by molar-refractivity contribution is -0.130. The highest BCUT2D eigenvalue weighted by molar-refractivity contribution is 5.95. The first-order valence-electron chi connectivity index (χ1n) is 10.3. The van der Waals surface area contributed by atoms with Crippen molar-refractivity contribution < 1.29 is 19.5 Å². The fourth-order valence-electron chi connectivity index (χ4n) is 4.85. The average molecular weight is 416 g/mol. The number of carbonyl (C=O) groups is 3. The lowest BCUT2D eigenvalue weighted by Gasteiger charge is -2.27. The number of likely N-dealkylation sites (tertiary alicyclic amines) is 2. The molecule has 0 aliphatic carbocycles. The second-order valence-corrected chi connectivity index (χ2v) is 8.68. The minimum absolute atomic E-state index is 0.0252. The molecule has 3 amide bonds. The van der Waals surface area contributed by atoms with E-state index >= 15 is 0 Å². The average Bonchev–Trinajstić information content (AvgIpc) is 3.37. The lowest BCUT2D eigenvalue weighted by atomic mass is 9.82. The van der Waals surface area contributed by atoms with Crippen molar-refractivity contribution in [1.82, 2.24) is 24.8 Å². The molecule has 2 saturated heterocycles. The summed E-state index contributed by atoms with van der Waals surface area (Å²) in [6.45, 7) is 3.69. The predicted molar refractivity (Wildman–Crippen MR) is 107 cm³/mol. The summed E-state index contributed by atoms with van der Waals surface area (Å²) >= 11 is 0. The van der Waals surface area contributed by atoms with Crippen LogP contribution in [-0.2, 0) is 16.6 Å². The molecule has 0 spiro atoms. The molecule has 0 bridgehead atoms. The quantitative estimate of drug-likeness (QED) is 0.681. The van der Waals surface area contributed by atoms with E-state index < -0.39 is 5.41 Å². The van der Waals surface area contributed by atoms with Gasteiger partial charge in [0.05, 0.1) is 18.6 Å². The van der Waals surface area contributed by atoms with Crippen molar-refractivity contribution in [3.8, 4) is 0 Å². The van der Waals surface area contributed by atoms with Gasteiger partial charge in [0.1, 0.15) is 5.69 Å². The van der Waals surface area contributed by atoms with E-state index in [4.69, 9.17) is 0 Å². The zero-order valence-electron chi connectivity index (χ0n) is 17.4. The Kier molecular flexibility index (Phi) is 5.35. The Labute approximate surface area is 174 Å². The minimum Gasteiger partial charge on any atom is -0.396 e. The first-order valence-corrected chi connectivity index (χ1v) is 10.3. The molecule has 2 N–H and O–H groups in total. The number of aliphatic hydroxyl groups excluding tert-OH is 1. The molecule has 0 unspecified atom stereocenters. The predicted octanol–water partition coefficient (Wildman–Crippen LogP) is -0.332. The van der Waals surface area contributed by atoms with E-state index in [-0.39, 0.29) is 30.2 Å². The number of imidazole rings is 1. The van der Waals surface area contributed by atoms with Gasteiger partial charge in [-0.05, 0) is 19.8 Å². The normalized spacial score (nSPS) is 25.9. The Bertz CT molecular complexity index is 890. The van der Waals surface area contributed by atoms with Gasteiger partial charge in [0.25, 0.3) is 5.91 Å². The molecule has 3 aliphatic heterocycles. The molecule has 0 radical (unpaired) electrons. The molecular formula is C20H28N6O4. The van der Waals surface area contributed by atoms with E-state index in [0.717, 1.165) is 5.71 Å². The van der Waals surface area contributed by atoms with Crippen LogP contribution in [0.3, 0.4) is 0 Å². The zero-order valence-corrected chi connectivity index (χ0v) is 17.4. The number of aryl methyl sites for hydroxylation is 2. The van der Waals surface area contributed by atoms with Gasteiger partial charge in [-0.25, -0.2) is 10.4 Å². The topological polar surface area (TPSA) is 120 Å². The number of aromatic nitrogens is 2. The van der Waals surface area contributed by atoms with Gasteiger partial charge in [-0.1, -0.05) is 0 Å². The molecule has 162 valence electrons. The molecular weight excluding hydrogens is 388 g/mol. The number of amides is 3. The number of hydrazone groups is 1. The van der Waals surface area contributed by atoms with E-state index in [1.165, 1.54) is 0 Å². The molecule has 0 aromatic carbocycles. The van der Waals surface area contributed by atoms with Crippen LogP contribution in [-0.4, -0.2) is 80.7 Å². The van der Waals surface area contributed by atoms with Crippen molar-refractivity contribution in [2.45, 2.75) is 32.6 Å². The molecule has 3 aliphatic rings. The van der Waals surface area contributed by atoms with Gasteiger partial charge in [-0.2, -0.15) is 5.10 Å². The molecule has 4 heterocycles. The summed E-state index contributed by atoms with van der Waals surface area (Å²) in [4.78, 5) is 44.7. The highest BCUT2D eigenvalue weighted by Gasteiger charge is 2.54. The number of carbonyl (C=O) groups excluding carboxylic acids is 3. The third-order valence-corrected chi connectivity index (χ3v) is 6.64. The molecule has 1 aromatic rings. The number of rotatable bonds is 5. The molecule has 2 atom stereocenters. The highest BCUT2D eigenvalue weighted by atomic mass is 16.3. The Hall–Kier alpha value is -2.75. The minimum atomic E-state index is -0.478. The van der Waals surface area contributed by atoms with Gasteiger partial charge in [0, 0.05) is 63.1 Å². The second kappa shape index (κ2) is 7.82. The molecule has 1 aromatic heterocycles. The van der Waals surface area contributed by atoms with Crippen LogP contribution in [0.1, 0.15) is 41.9 Å². The SMILES string of the molecule is Cc1ncn(C)c1C(=O)N1C[C@@H]2CN(C(=O)CCC3=NNC(=O)CC3)C[C@]2(CO)C1. The van der Waals surface area contributed by atoms with Crippen LogP contribution >= 0.6 is 0 Å². The largest absolute Gasteiger partial charge is 0.396 e. The highest BCUT2D eigenvalue weighted by Crippen LogP contribution is 2.43. The molecule has 10 nitrogen and oxygen atoms in total. The van der Waals surface area contributed by atoms with Crippen LogP contribution in [0, 0.1) is 18.3 Å². The van der Waals surface area contributed by atoms with Gasteiger partial charge in [0.15, 0.2) is 0 Å². The first kappa shape index (κ1) is 20.5. The fraction of sp³-hybridized carbons (Fsp3) is 0.650. The third kappa shape index (κ3) is 3.60. The van der Waals surface area contributed by atoms with Gasteiger partial charge in [-0.3, -0.25) is 14.4 Å². The molecule has 4 rings (SSSR count). The van der Waals surface area contributed by atoms with Crippen molar-refractivity contribution in [3.05, 3.63) is 17.7 Å². The van der Waals surface area contributed by atoms with Gasteiger partial charge >= 0.3 is 0 Å². The van der Waals surface area contributed by atoms with Crippen molar-refractivity contribution >= 4 is 23.4 Å². The van der Waals surface area contributed by atoms with Crippen LogP contribution in [0.5, 0.6) is 0 Å². The molecule has 2 fully saturated rings. The van der Waals surface area contributed by atoms with E-state index in [1.807, 2.05) is 6.92 Å². The Morgan fingerprint density at radius 1 is 1.27 bits per heavy atom. The third-order valence-electron chi connectivity index (χ3n) is 6.64. The second-order valence-electron chi connectivity index (χ2n) is 8.68. The summed E-state index contributed by atoms with van der Waals surface area (Å²) in [5, 5.41) is 14.2. The number of fused-ring (bicyclic) bond motifs is 1.